The van der Waals surface area contributed by atoms with Crippen LogP contribution < -0.4 is 5.32 Å². The SMILES string of the molecule is Cc1cncc(NC2CCCN(C(C)C)CC2)c1. The molecule has 3 nitrogen and oxygen atoms in total. The van der Waals surface area contributed by atoms with Gasteiger partial charge in [-0.3, -0.25) is 4.98 Å². The van der Waals surface area contributed by atoms with Crippen LogP contribution in [-0.4, -0.2) is 35.1 Å². The molecule has 0 aromatic carbocycles. The molecule has 1 N–H and O–H groups in total. The Morgan fingerprint density at radius 3 is 2.83 bits per heavy atom. The highest BCUT2D eigenvalue weighted by Gasteiger charge is 2.18. The number of rotatable bonds is 3. The molecule has 1 saturated heterocycles. The van der Waals surface area contributed by atoms with Crippen molar-refractivity contribution in [2.45, 2.75) is 52.1 Å². The Kier molecular flexibility index (Phi) is 4.59. The van der Waals surface area contributed by atoms with Crippen LogP contribution in [0, 0.1) is 6.92 Å². The highest BCUT2D eigenvalue weighted by Crippen LogP contribution is 2.18. The molecule has 1 unspecified atom stereocenters. The summed E-state index contributed by atoms with van der Waals surface area (Å²) in [6.07, 6.45) is 7.61. The van der Waals surface area contributed by atoms with E-state index in [1.807, 2.05) is 12.4 Å². The van der Waals surface area contributed by atoms with Crippen molar-refractivity contribution in [1.29, 1.82) is 0 Å². The monoisotopic (exact) mass is 247 g/mol. The third-order valence-electron chi connectivity index (χ3n) is 3.74. The fourth-order valence-electron chi connectivity index (χ4n) is 2.65. The van der Waals surface area contributed by atoms with Crippen LogP contribution in [0.3, 0.4) is 0 Å². The van der Waals surface area contributed by atoms with Gasteiger partial charge in [-0.05, 0) is 58.2 Å². The van der Waals surface area contributed by atoms with E-state index < -0.39 is 0 Å². The number of hydrogen-bond donors (Lipinski definition) is 1. The zero-order valence-corrected chi connectivity index (χ0v) is 11.8. The lowest BCUT2D eigenvalue weighted by atomic mass is 10.1. The zero-order valence-electron chi connectivity index (χ0n) is 11.8. The molecule has 2 heterocycles. The van der Waals surface area contributed by atoms with Crippen molar-refractivity contribution in [2.75, 3.05) is 18.4 Å². The average molecular weight is 247 g/mol. The summed E-state index contributed by atoms with van der Waals surface area (Å²) in [4.78, 5) is 6.82. The van der Waals surface area contributed by atoms with Crippen LogP contribution in [0.2, 0.25) is 0 Å². The third kappa shape index (κ3) is 3.70. The van der Waals surface area contributed by atoms with Crippen molar-refractivity contribution in [1.82, 2.24) is 9.88 Å². The van der Waals surface area contributed by atoms with Crippen LogP contribution in [0.5, 0.6) is 0 Å². The summed E-state index contributed by atoms with van der Waals surface area (Å²) in [7, 11) is 0. The number of hydrogen-bond acceptors (Lipinski definition) is 3. The summed E-state index contributed by atoms with van der Waals surface area (Å²) in [5, 5.41) is 3.63. The molecule has 3 heteroatoms. The Labute approximate surface area is 111 Å². The highest BCUT2D eigenvalue weighted by atomic mass is 15.1. The van der Waals surface area contributed by atoms with E-state index in [2.05, 4.69) is 42.0 Å². The van der Waals surface area contributed by atoms with Gasteiger partial charge in [0.25, 0.3) is 0 Å². The van der Waals surface area contributed by atoms with Crippen molar-refractivity contribution in [3.05, 3.63) is 24.0 Å². The first-order chi connectivity index (χ1) is 8.65. The van der Waals surface area contributed by atoms with E-state index in [9.17, 15) is 0 Å². The fourth-order valence-corrected chi connectivity index (χ4v) is 2.65. The molecule has 0 bridgehead atoms. The second-order valence-corrected chi connectivity index (χ2v) is 5.65. The molecule has 1 atom stereocenters. The van der Waals surface area contributed by atoms with Gasteiger partial charge in [0, 0.05) is 31.0 Å². The normalized spacial score (nSPS) is 21.9. The van der Waals surface area contributed by atoms with Crippen molar-refractivity contribution in [3.63, 3.8) is 0 Å². The van der Waals surface area contributed by atoms with Crippen LogP contribution in [0.1, 0.15) is 38.7 Å². The van der Waals surface area contributed by atoms with Crippen LogP contribution in [0.25, 0.3) is 0 Å². The third-order valence-corrected chi connectivity index (χ3v) is 3.74. The second kappa shape index (κ2) is 6.19. The second-order valence-electron chi connectivity index (χ2n) is 5.65. The first kappa shape index (κ1) is 13.3. The molecular formula is C15H25N3. The lowest BCUT2D eigenvalue weighted by Crippen LogP contribution is -2.32. The summed E-state index contributed by atoms with van der Waals surface area (Å²) >= 11 is 0. The predicted molar refractivity (Wildman–Crippen MR) is 76.9 cm³/mol. The lowest BCUT2D eigenvalue weighted by molar-refractivity contribution is 0.230. The molecule has 2 rings (SSSR count). The highest BCUT2D eigenvalue weighted by molar-refractivity contribution is 5.43. The molecule has 1 aliphatic rings. The van der Waals surface area contributed by atoms with Gasteiger partial charge in [-0.1, -0.05) is 0 Å². The Hall–Kier alpha value is -1.09. The Balaban J connectivity index is 1.91. The molecule has 1 aliphatic heterocycles. The maximum Gasteiger partial charge on any atom is 0.0531 e. The van der Waals surface area contributed by atoms with Gasteiger partial charge in [-0.25, -0.2) is 0 Å². The number of nitrogens with zero attached hydrogens (tertiary/aromatic N) is 2. The Morgan fingerprint density at radius 1 is 1.28 bits per heavy atom. The summed E-state index contributed by atoms with van der Waals surface area (Å²) in [6.45, 7) is 9.11. The molecule has 0 radical (unpaired) electrons. The number of likely N-dealkylation sites (tertiary alicyclic amines) is 1. The topological polar surface area (TPSA) is 28.2 Å². The zero-order chi connectivity index (χ0) is 13.0. The van der Waals surface area contributed by atoms with Gasteiger partial charge < -0.3 is 10.2 Å². The Bertz CT molecular complexity index is 376. The van der Waals surface area contributed by atoms with Crippen molar-refractivity contribution < 1.29 is 0 Å². The maximum absolute atomic E-state index is 4.24. The van der Waals surface area contributed by atoms with Crippen LogP contribution in [0.4, 0.5) is 5.69 Å². The molecule has 0 saturated carbocycles. The minimum Gasteiger partial charge on any atom is -0.381 e. The van der Waals surface area contributed by atoms with E-state index >= 15 is 0 Å². The molecular weight excluding hydrogens is 222 g/mol. The van der Waals surface area contributed by atoms with E-state index in [-0.39, 0.29) is 0 Å². The van der Waals surface area contributed by atoms with Gasteiger partial charge in [-0.15, -0.1) is 0 Å². The van der Waals surface area contributed by atoms with Gasteiger partial charge >= 0.3 is 0 Å². The number of pyridine rings is 1. The maximum atomic E-state index is 4.24. The summed E-state index contributed by atoms with van der Waals surface area (Å²) < 4.78 is 0. The molecule has 1 aromatic heterocycles. The van der Waals surface area contributed by atoms with Gasteiger partial charge in [0.05, 0.1) is 5.69 Å². The van der Waals surface area contributed by atoms with Crippen LogP contribution in [-0.2, 0) is 0 Å². The molecule has 18 heavy (non-hydrogen) atoms. The smallest absolute Gasteiger partial charge is 0.0531 e. The average Bonchev–Trinajstić information content (AvgIpc) is 2.55. The number of aryl methyl sites for hydroxylation is 1. The van der Waals surface area contributed by atoms with Crippen molar-refractivity contribution in [2.24, 2.45) is 0 Å². The van der Waals surface area contributed by atoms with Crippen LogP contribution in [0.15, 0.2) is 18.5 Å². The minimum absolute atomic E-state index is 0.595. The van der Waals surface area contributed by atoms with E-state index in [1.54, 1.807) is 0 Å². The van der Waals surface area contributed by atoms with E-state index in [4.69, 9.17) is 0 Å². The van der Waals surface area contributed by atoms with E-state index in [0.717, 1.165) is 5.69 Å². The van der Waals surface area contributed by atoms with Gasteiger partial charge in [0.2, 0.25) is 0 Å². The quantitative estimate of drug-likeness (QED) is 0.889. The molecule has 0 aliphatic carbocycles. The first-order valence-electron chi connectivity index (χ1n) is 7.07. The standard InChI is InChI=1S/C15H25N3/c1-12(2)18-7-4-5-14(6-8-18)17-15-9-13(3)10-16-11-15/h9-12,14,17H,4-8H2,1-3H3. The minimum atomic E-state index is 0.595. The van der Waals surface area contributed by atoms with Crippen molar-refractivity contribution >= 4 is 5.69 Å². The predicted octanol–water partition coefficient (Wildman–Crippen LogP) is 3.06. The largest absolute Gasteiger partial charge is 0.381 e. The van der Waals surface area contributed by atoms with Gasteiger partial charge in [-0.2, -0.15) is 0 Å². The van der Waals surface area contributed by atoms with Gasteiger partial charge in [0.1, 0.15) is 0 Å². The molecule has 0 spiro atoms. The molecule has 0 amide bonds. The van der Waals surface area contributed by atoms with Crippen molar-refractivity contribution in [3.8, 4) is 0 Å². The molecule has 1 aromatic rings. The van der Waals surface area contributed by atoms with Gasteiger partial charge in [0.15, 0.2) is 0 Å². The first-order valence-corrected chi connectivity index (χ1v) is 7.07. The number of anilines is 1. The molecule has 1 fully saturated rings. The summed E-state index contributed by atoms with van der Waals surface area (Å²) in [6, 6.07) is 3.44. The fraction of sp³-hybridized carbons (Fsp3) is 0.667. The number of nitrogens with one attached hydrogen (secondary N) is 1. The number of aromatic nitrogens is 1. The summed E-state index contributed by atoms with van der Waals surface area (Å²) in [5.74, 6) is 0. The summed E-state index contributed by atoms with van der Waals surface area (Å²) in [5.41, 5.74) is 2.38. The lowest BCUT2D eigenvalue weighted by Gasteiger charge is -2.24. The van der Waals surface area contributed by atoms with E-state index in [0.29, 0.717) is 12.1 Å². The Morgan fingerprint density at radius 2 is 2.11 bits per heavy atom. The van der Waals surface area contributed by atoms with E-state index in [1.165, 1.54) is 37.9 Å². The van der Waals surface area contributed by atoms with Crippen LogP contribution >= 0.6 is 0 Å². The molecule has 100 valence electrons.